The summed E-state index contributed by atoms with van der Waals surface area (Å²) < 4.78 is 38.7. The van der Waals surface area contributed by atoms with E-state index in [-0.39, 0.29) is 12.3 Å². The van der Waals surface area contributed by atoms with Crippen LogP contribution < -0.4 is 10.6 Å². The van der Waals surface area contributed by atoms with E-state index >= 15 is 0 Å². The van der Waals surface area contributed by atoms with Gasteiger partial charge in [-0.05, 0) is 24.1 Å². The first kappa shape index (κ1) is 17.8. The molecule has 0 aliphatic carbocycles. The van der Waals surface area contributed by atoms with Gasteiger partial charge in [-0.1, -0.05) is 42.5 Å². The summed E-state index contributed by atoms with van der Waals surface area (Å²) in [6, 6.07) is 12.5. The van der Waals surface area contributed by atoms with Gasteiger partial charge >= 0.3 is 12.2 Å². The summed E-state index contributed by atoms with van der Waals surface area (Å²) in [6.07, 6.45) is -4.20. The van der Waals surface area contributed by atoms with Crippen molar-refractivity contribution in [3.8, 4) is 0 Å². The van der Waals surface area contributed by atoms with Crippen LogP contribution in [0.2, 0.25) is 0 Å². The second-order valence-corrected chi connectivity index (χ2v) is 5.21. The highest BCUT2D eigenvalue weighted by atomic mass is 19.4. The number of para-hydroxylation sites is 1. The molecule has 2 amide bonds. The molecule has 4 nitrogen and oxygen atoms in total. The molecule has 0 aromatic heterocycles. The lowest BCUT2D eigenvalue weighted by Crippen LogP contribution is -2.41. The van der Waals surface area contributed by atoms with Crippen molar-refractivity contribution in [2.45, 2.75) is 18.6 Å². The van der Waals surface area contributed by atoms with E-state index in [9.17, 15) is 23.1 Å². The third-order valence-electron chi connectivity index (χ3n) is 3.36. The van der Waals surface area contributed by atoms with Crippen molar-refractivity contribution in [3.05, 3.63) is 65.7 Å². The first-order chi connectivity index (χ1) is 11.4. The number of hydrogen-bond acceptors (Lipinski definition) is 2. The molecular weight excluding hydrogens is 321 g/mol. The number of hydrogen-bond donors (Lipinski definition) is 3. The maximum Gasteiger partial charge on any atom is 0.418 e. The molecule has 2 aromatic carbocycles. The molecule has 0 saturated heterocycles. The molecule has 0 aliphatic heterocycles. The molecule has 2 rings (SSSR count). The number of anilines is 1. The number of rotatable bonds is 5. The van der Waals surface area contributed by atoms with Gasteiger partial charge in [-0.3, -0.25) is 0 Å². The van der Waals surface area contributed by atoms with Gasteiger partial charge in [0.25, 0.3) is 0 Å². The lowest BCUT2D eigenvalue weighted by atomic mass is 10.1. The van der Waals surface area contributed by atoms with Crippen molar-refractivity contribution in [2.24, 2.45) is 0 Å². The van der Waals surface area contributed by atoms with Gasteiger partial charge < -0.3 is 15.7 Å². The second kappa shape index (κ2) is 7.83. The minimum Gasteiger partial charge on any atom is -0.394 e. The van der Waals surface area contributed by atoms with E-state index in [1.807, 2.05) is 30.3 Å². The van der Waals surface area contributed by atoms with E-state index in [1.165, 1.54) is 18.2 Å². The first-order valence-corrected chi connectivity index (χ1v) is 7.28. The van der Waals surface area contributed by atoms with Gasteiger partial charge in [-0.2, -0.15) is 13.2 Å². The molecule has 128 valence electrons. The first-order valence-electron chi connectivity index (χ1n) is 7.28. The second-order valence-electron chi connectivity index (χ2n) is 5.21. The zero-order valence-corrected chi connectivity index (χ0v) is 12.7. The number of alkyl halides is 3. The van der Waals surface area contributed by atoms with E-state index in [0.717, 1.165) is 11.6 Å². The molecule has 3 N–H and O–H groups in total. The summed E-state index contributed by atoms with van der Waals surface area (Å²) >= 11 is 0. The molecule has 7 heteroatoms. The van der Waals surface area contributed by atoms with Crippen LogP contribution in [0.5, 0.6) is 0 Å². The predicted molar refractivity (Wildman–Crippen MR) is 84.6 cm³/mol. The lowest BCUT2D eigenvalue weighted by Gasteiger charge is -2.18. The Hall–Kier alpha value is -2.54. The molecule has 0 saturated carbocycles. The van der Waals surface area contributed by atoms with Crippen molar-refractivity contribution in [1.82, 2.24) is 5.32 Å². The number of amides is 2. The highest BCUT2D eigenvalue weighted by molar-refractivity contribution is 5.90. The average molecular weight is 338 g/mol. The normalized spacial score (nSPS) is 12.5. The summed E-state index contributed by atoms with van der Waals surface area (Å²) in [5, 5.41) is 14.0. The van der Waals surface area contributed by atoms with Crippen molar-refractivity contribution >= 4 is 11.7 Å². The molecule has 1 atom stereocenters. The van der Waals surface area contributed by atoms with Gasteiger partial charge in [0.1, 0.15) is 0 Å². The Morgan fingerprint density at radius 2 is 1.67 bits per heavy atom. The highest BCUT2D eigenvalue weighted by Crippen LogP contribution is 2.34. The number of carbonyl (C=O) groups is 1. The smallest absolute Gasteiger partial charge is 0.394 e. The van der Waals surface area contributed by atoms with Gasteiger partial charge in [0.05, 0.1) is 23.9 Å². The third kappa shape index (κ3) is 4.99. The minimum atomic E-state index is -4.57. The summed E-state index contributed by atoms with van der Waals surface area (Å²) in [4.78, 5) is 12.0. The Labute approximate surface area is 137 Å². The van der Waals surface area contributed by atoms with Crippen molar-refractivity contribution in [3.63, 3.8) is 0 Å². The van der Waals surface area contributed by atoms with Crippen LogP contribution >= 0.6 is 0 Å². The van der Waals surface area contributed by atoms with Gasteiger partial charge in [0.15, 0.2) is 0 Å². The Balaban J connectivity index is 2.02. The Kier molecular flexibility index (Phi) is 5.81. The van der Waals surface area contributed by atoms with Crippen molar-refractivity contribution < 1.29 is 23.1 Å². The third-order valence-corrected chi connectivity index (χ3v) is 3.36. The van der Waals surface area contributed by atoms with E-state index in [1.54, 1.807) is 0 Å². The Morgan fingerprint density at radius 1 is 1.04 bits per heavy atom. The van der Waals surface area contributed by atoms with Crippen LogP contribution in [0.25, 0.3) is 0 Å². The van der Waals surface area contributed by atoms with Gasteiger partial charge in [0, 0.05) is 0 Å². The monoisotopic (exact) mass is 338 g/mol. The zero-order valence-electron chi connectivity index (χ0n) is 12.7. The topological polar surface area (TPSA) is 61.4 Å². The number of halogens is 3. The fourth-order valence-electron chi connectivity index (χ4n) is 2.24. The van der Waals surface area contributed by atoms with Crippen molar-refractivity contribution in [2.75, 3.05) is 11.9 Å². The Morgan fingerprint density at radius 3 is 2.29 bits per heavy atom. The van der Waals surface area contributed by atoms with E-state index < -0.39 is 23.8 Å². The molecule has 0 aliphatic rings. The largest absolute Gasteiger partial charge is 0.418 e. The minimum absolute atomic E-state index is 0.330. The fourth-order valence-corrected chi connectivity index (χ4v) is 2.24. The maximum absolute atomic E-state index is 12.9. The van der Waals surface area contributed by atoms with E-state index in [4.69, 9.17) is 0 Å². The van der Waals surface area contributed by atoms with Crippen molar-refractivity contribution in [1.29, 1.82) is 0 Å². The van der Waals surface area contributed by atoms with Crippen LogP contribution in [0.1, 0.15) is 11.1 Å². The zero-order chi connectivity index (χ0) is 17.6. The van der Waals surface area contributed by atoms with Crippen LogP contribution in [0, 0.1) is 0 Å². The number of carbonyl (C=O) groups excluding carboxylic acids is 1. The van der Waals surface area contributed by atoms with Crippen LogP contribution in [0.15, 0.2) is 54.6 Å². The molecule has 0 bridgehead atoms. The molecule has 0 heterocycles. The van der Waals surface area contributed by atoms with Crippen LogP contribution in [-0.2, 0) is 12.6 Å². The van der Waals surface area contributed by atoms with Gasteiger partial charge in [0.2, 0.25) is 0 Å². The number of benzene rings is 2. The molecule has 0 fully saturated rings. The molecular formula is C17H17F3N2O2. The number of aliphatic hydroxyl groups excluding tert-OH is 1. The SMILES string of the molecule is O=C(Nc1ccccc1C(F)(F)F)N[C@H](CO)Cc1ccccc1. The Bertz CT molecular complexity index is 675. The summed E-state index contributed by atoms with van der Waals surface area (Å²) in [5.41, 5.74) is -0.366. The number of aliphatic hydroxyl groups is 1. The molecule has 0 radical (unpaired) electrons. The van der Waals surface area contributed by atoms with E-state index in [0.29, 0.717) is 6.42 Å². The number of nitrogens with one attached hydrogen (secondary N) is 2. The quantitative estimate of drug-likeness (QED) is 0.782. The molecule has 0 spiro atoms. The number of urea groups is 1. The van der Waals surface area contributed by atoms with Gasteiger partial charge in [-0.15, -0.1) is 0 Å². The molecule has 0 unspecified atom stereocenters. The highest BCUT2D eigenvalue weighted by Gasteiger charge is 2.33. The summed E-state index contributed by atoms with van der Waals surface area (Å²) in [6.45, 7) is -0.330. The maximum atomic E-state index is 12.9. The lowest BCUT2D eigenvalue weighted by molar-refractivity contribution is -0.136. The van der Waals surface area contributed by atoms with Crippen LogP contribution in [0.4, 0.5) is 23.7 Å². The fraction of sp³-hybridized carbons (Fsp3) is 0.235. The predicted octanol–water partition coefficient (Wildman–Crippen LogP) is 3.43. The average Bonchev–Trinajstić information content (AvgIpc) is 2.54. The van der Waals surface area contributed by atoms with E-state index in [2.05, 4.69) is 10.6 Å². The molecule has 24 heavy (non-hydrogen) atoms. The summed E-state index contributed by atoms with van der Waals surface area (Å²) in [7, 11) is 0. The molecule has 2 aromatic rings. The van der Waals surface area contributed by atoms with Crippen LogP contribution in [0.3, 0.4) is 0 Å². The van der Waals surface area contributed by atoms with Crippen LogP contribution in [-0.4, -0.2) is 23.8 Å². The summed E-state index contributed by atoms with van der Waals surface area (Å²) in [5.74, 6) is 0. The van der Waals surface area contributed by atoms with Gasteiger partial charge in [-0.25, -0.2) is 4.79 Å². The standard InChI is InChI=1S/C17H17F3N2O2/c18-17(19,20)14-8-4-5-9-15(14)22-16(24)21-13(11-23)10-12-6-2-1-3-7-12/h1-9,13,23H,10-11H2,(H2,21,22,24)/t13-/m0/s1.